The third-order valence-corrected chi connectivity index (χ3v) is 8.99. The highest BCUT2D eigenvalue weighted by atomic mass is 16.5. The molecule has 11 heteroatoms. The van der Waals surface area contributed by atoms with Crippen LogP contribution >= 0.6 is 0 Å². The largest absolute Gasteiger partial charge is 0.378 e. The van der Waals surface area contributed by atoms with Gasteiger partial charge in [-0.05, 0) is 56.2 Å². The highest BCUT2D eigenvalue weighted by molar-refractivity contribution is 6.07. The van der Waals surface area contributed by atoms with E-state index in [1.807, 2.05) is 50.2 Å². The van der Waals surface area contributed by atoms with Crippen LogP contribution in [0.1, 0.15) is 50.4 Å². The third kappa shape index (κ3) is 5.85. The van der Waals surface area contributed by atoms with E-state index in [-0.39, 0.29) is 30.7 Å². The van der Waals surface area contributed by atoms with Gasteiger partial charge >= 0.3 is 0 Å². The number of imide groups is 1. The fourth-order valence-electron chi connectivity index (χ4n) is 6.54. The number of pyridine rings is 2. The summed E-state index contributed by atoms with van der Waals surface area (Å²) in [5.74, 6) is -1.21. The number of piperidine rings is 1. The maximum absolute atomic E-state index is 13.6. The number of morpholine rings is 1. The van der Waals surface area contributed by atoms with E-state index in [4.69, 9.17) is 9.72 Å². The number of anilines is 2. The molecule has 2 saturated heterocycles. The first-order valence-electron chi connectivity index (χ1n) is 15.7. The van der Waals surface area contributed by atoms with E-state index >= 15 is 0 Å². The molecule has 11 nitrogen and oxygen atoms in total. The molecule has 0 bridgehead atoms. The Morgan fingerprint density at radius 3 is 2.51 bits per heavy atom. The zero-order chi connectivity index (χ0) is 32.7. The quantitative estimate of drug-likeness (QED) is 0.302. The van der Waals surface area contributed by atoms with Crippen LogP contribution in [0.4, 0.5) is 11.4 Å². The summed E-state index contributed by atoms with van der Waals surface area (Å²) in [6.07, 6.45) is 3.93. The first kappa shape index (κ1) is 30.2. The lowest BCUT2D eigenvalue weighted by Gasteiger charge is -2.31. The van der Waals surface area contributed by atoms with Gasteiger partial charge in [0.1, 0.15) is 6.04 Å². The second kappa shape index (κ2) is 12.4. The van der Waals surface area contributed by atoms with Crippen LogP contribution in [0.3, 0.4) is 0 Å². The molecule has 1 atom stereocenters. The van der Waals surface area contributed by atoms with Crippen molar-refractivity contribution in [2.24, 2.45) is 0 Å². The van der Waals surface area contributed by atoms with Crippen molar-refractivity contribution in [1.29, 1.82) is 0 Å². The Labute approximate surface area is 272 Å². The lowest BCUT2D eigenvalue weighted by atomic mass is 9.97. The number of aryl methyl sites for hydroxylation is 2. The average Bonchev–Trinajstić information content (AvgIpc) is 3.41. The number of benzene rings is 2. The zero-order valence-corrected chi connectivity index (χ0v) is 26.2. The molecule has 47 heavy (non-hydrogen) atoms. The number of hydrogen-bond acceptors (Lipinski definition) is 8. The number of rotatable bonds is 6. The van der Waals surface area contributed by atoms with Gasteiger partial charge in [-0.3, -0.25) is 34.5 Å². The van der Waals surface area contributed by atoms with Gasteiger partial charge in [-0.1, -0.05) is 29.8 Å². The van der Waals surface area contributed by atoms with Gasteiger partial charge in [0.25, 0.3) is 11.8 Å². The predicted molar refractivity (Wildman–Crippen MR) is 176 cm³/mol. The van der Waals surface area contributed by atoms with Gasteiger partial charge in [0.2, 0.25) is 11.8 Å². The number of carbonyl (C=O) groups is 4. The number of nitrogens with one attached hydrogen (secondary N) is 2. The Bertz CT molecular complexity index is 1940. The Morgan fingerprint density at radius 1 is 0.936 bits per heavy atom. The molecular formula is C36H34N6O5. The molecule has 2 N–H and O–H groups in total. The summed E-state index contributed by atoms with van der Waals surface area (Å²) in [4.78, 5) is 64.4. The van der Waals surface area contributed by atoms with Crippen LogP contribution in [-0.4, -0.2) is 70.8 Å². The van der Waals surface area contributed by atoms with Crippen LogP contribution in [0.5, 0.6) is 0 Å². The third-order valence-electron chi connectivity index (χ3n) is 8.99. The number of amides is 4. The Hall–Kier alpha value is -5.42. The fraction of sp³-hybridized carbons (Fsp3) is 0.278. The molecule has 238 valence electrons. The molecule has 0 spiro atoms. The molecule has 1 unspecified atom stereocenters. The molecule has 0 aliphatic carbocycles. The summed E-state index contributed by atoms with van der Waals surface area (Å²) in [7, 11) is 0. The SMILES string of the molecule is Cc1cccc(C(=O)Nc2cnc(C)c(-c3cnc(-c4cccc5c4CN(C4CCC(=O)NC4=O)C5=O)c(N4CCOCC4)c3)c2)c1. The van der Waals surface area contributed by atoms with Crippen LogP contribution in [0.15, 0.2) is 67.0 Å². The smallest absolute Gasteiger partial charge is 0.255 e. The van der Waals surface area contributed by atoms with Crippen molar-refractivity contribution >= 4 is 35.0 Å². The van der Waals surface area contributed by atoms with Gasteiger partial charge in [0.05, 0.1) is 36.5 Å². The average molecular weight is 631 g/mol. The summed E-state index contributed by atoms with van der Waals surface area (Å²) in [5.41, 5.74) is 8.34. The molecule has 3 aliphatic rings. The molecular weight excluding hydrogens is 596 g/mol. The molecule has 5 heterocycles. The van der Waals surface area contributed by atoms with E-state index in [2.05, 4.69) is 26.6 Å². The Morgan fingerprint density at radius 2 is 1.72 bits per heavy atom. The highest BCUT2D eigenvalue weighted by Crippen LogP contribution is 2.40. The molecule has 2 aromatic carbocycles. The van der Waals surface area contributed by atoms with E-state index in [0.29, 0.717) is 49.5 Å². The van der Waals surface area contributed by atoms with Crippen molar-refractivity contribution in [3.63, 3.8) is 0 Å². The van der Waals surface area contributed by atoms with Crippen molar-refractivity contribution in [2.75, 3.05) is 36.5 Å². The van der Waals surface area contributed by atoms with Gasteiger partial charge in [0.15, 0.2) is 0 Å². The normalized spacial score (nSPS) is 17.8. The number of hydrogen-bond donors (Lipinski definition) is 2. The summed E-state index contributed by atoms with van der Waals surface area (Å²) in [5, 5.41) is 5.35. The first-order chi connectivity index (χ1) is 22.8. The minimum Gasteiger partial charge on any atom is -0.378 e. The lowest BCUT2D eigenvalue weighted by Crippen LogP contribution is -2.52. The monoisotopic (exact) mass is 630 g/mol. The minimum atomic E-state index is -0.705. The Kier molecular flexibility index (Phi) is 7.98. The van der Waals surface area contributed by atoms with Crippen LogP contribution in [0, 0.1) is 13.8 Å². The van der Waals surface area contributed by atoms with Crippen LogP contribution in [-0.2, 0) is 20.9 Å². The van der Waals surface area contributed by atoms with E-state index in [1.165, 1.54) is 0 Å². The molecule has 0 saturated carbocycles. The molecule has 0 radical (unpaired) electrons. The van der Waals surface area contributed by atoms with E-state index in [0.717, 1.165) is 44.9 Å². The van der Waals surface area contributed by atoms with Crippen LogP contribution in [0.2, 0.25) is 0 Å². The van der Waals surface area contributed by atoms with Gasteiger partial charge < -0.3 is 19.9 Å². The molecule has 3 aliphatic heterocycles. The van der Waals surface area contributed by atoms with Crippen molar-refractivity contribution in [1.82, 2.24) is 20.2 Å². The van der Waals surface area contributed by atoms with Crippen molar-refractivity contribution in [3.05, 3.63) is 94.9 Å². The van der Waals surface area contributed by atoms with E-state index in [9.17, 15) is 19.2 Å². The van der Waals surface area contributed by atoms with Crippen molar-refractivity contribution in [3.8, 4) is 22.4 Å². The van der Waals surface area contributed by atoms with Gasteiger partial charge in [-0.15, -0.1) is 0 Å². The lowest BCUT2D eigenvalue weighted by molar-refractivity contribution is -0.136. The van der Waals surface area contributed by atoms with Gasteiger partial charge in [-0.2, -0.15) is 0 Å². The van der Waals surface area contributed by atoms with Crippen molar-refractivity contribution < 1.29 is 23.9 Å². The topological polar surface area (TPSA) is 134 Å². The van der Waals surface area contributed by atoms with Gasteiger partial charge in [-0.25, -0.2) is 0 Å². The molecule has 2 aromatic heterocycles. The zero-order valence-electron chi connectivity index (χ0n) is 26.2. The number of ether oxygens (including phenoxy) is 1. The molecule has 7 rings (SSSR count). The van der Waals surface area contributed by atoms with Crippen LogP contribution < -0.4 is 15.5 Å². The van der Waals surface area contributed by atoms with Crippen LogP contribution in [0.25, 0.3) is 22.4 Å². The molecule has 4 amide bonds. The maximum atomic E-state index is 13.6. The maximum Gasteiger partial charge on any atom is 0.255 e. The summed E-state index contributed by atoms with van der Waals surface area (Å²) >= 11 is 0. The fourth-order valence-corrected chi connectivity index (χ4v) is 6.54. The van der Waals surface area contributed by atoms with E-state index in [1.54, 1.807) is 29.4 Å². The second-order valence-electron chi connectivity index (χ2n) is 12.1. The number of aromatic nitrogens is 2. The summed E-state index contributed by atoms with van der Waals surface area (Å²) in [6, 6.07) is 16.3. The van der Waals surface area contributed by atoms with E-state index < -0.39 is 11.9 Å². The first-order valence-corrected chi connectivity index (χ1v) is 15.7. The summed E-state index contributed by atoms with van der Waals surface area (Å²) < 4.78 is 5.66. The minimum absolute atomic E-state index is 0.193. The summed E-state index contributed by atoms with van der Waals surface area (Å²) in [6.45, 7) is 6.58. The number of fused-ring (bicyclic) bond motifs is 1. The molecule has 4 aromatic rings. The molecule has 2 fully saturated rings. The number of carbonyl (C=O) groups excluding carboxylic acids is 4. The predicted octanol–water partition coefficient (Wildman–Crippen LogP) is 4.28. The Balaban J connectivity index is 1.25. The van der Waals surface area contributed by atoms with Crippen molar-refractivity contribution in [2.45, 2.75) is 39.3 Å². The van der Waals surface area contributed by atoms with Gasteiger partial charge in [0, 0.05) is 65.8 Å². The number of nitrogens with zero attached hydrogens (tertiary/aromatic N) is 4. The highest BCUT2D eigenvalue weighted by Gasteiger charge is 2.40. The second-order valence-corrected chi connectivity index (χ2v) is 12.1. The standard InChI is InChI=1S/C36H34N6O5/c1-21-5-3-6-23(15-21)34(44)39-25-17-28(22(2)37-19-25)24-16-31(41-11-13-47-14-12-41)33(38-18-24)26-7-4-8-27-29(26)20-42(36(27)46)30-9-10-32(43)40-35(30)45/h3-8,15-19,30H,9-14,20H2,1-2H3,(H,39,44)(H,40,43,45).